The van der Waals surface area contributed by atoms with E-state index < -0.39 is 0 Å². The van der Waals surface area contributed by atoms with Crippen molar-refractivity contribution in [2.45, 2.75) is 17.6 Å². The van der Waals surface area contributed by atoms with Gasteiger partial charge in [-0.25, -0.2) is 0 Å². The molecule has 78 valence electrons. The van der Waals surface area contributed by atoms with Crippen molar-refractivity contribution in [2.24, 2.45) is 0 Å². The van der Waals surface area contributed by atoms with Gasteiger partial charge in [-0.15, -0.1) is 23.1 Å². The maximum absolute atomic E-state index is 2.28. The van der Waals surface area contributed by atoms with E-state index in [4.69, 9.17) is 0 Å². The van der Waals surface area contributed by atoms with Crippen LogP contribution in [0.25, 0.3) is 11.1 Å². The van der Waals surface area contributed by atoms with Gasteiger partial charge in [0.05, 0.1) is 4.21 Å². The van der Waals surface area contributed by atoms with Crippen LogP contribution in [-0.4, -0.2) is 6.26 Å². The molecule has 15 heavy (non-hydrogen) atoms. The molecule has 1 aromatic heterocycles. The molecule has 2 rings (SSSR count). The molecular weight excluding hydrogens is 220 g/mol. The zero-order chi connectivity index (χ0) is 10.7. The molecular formula is C13H14S2. The first-order valence-electron chi connectivity index (χ1n) is 5.06. The average Bonchev–Trinajstić information content (AvgIpc) is 2.72. The van der Waals surface area contributed by atoms with Gasteiger partial charge in [-0.1, -0.05) is 37.3 Å². The first-order valence-corrected chi connectivity index (χ1v) is 7.17. The van der Waals surface area contributed by atoms with Crippen LogP contribution in [-0.2, 0) is 6.42 Å². The standard InChI is InChI=1S/C13H14S2/c1-3-11-12(9-15-13(11)14-2)10-7-5-4-6-8-10/h4-9H,3H2,1-2H3. The molecule has 0 radical (unpaired) electrons. The predicted octanol–water partition coefficient (Wildman–Crippen LogP) is 4.70. The minimum Gasteiger partial charge on any atom is -0.136 e. The average molecular weight is 234 g/mol. The van der Waals surface area contributed by atoms with Gasteiger partial charge >= 0.3 is 0 Å². The zero-order valence-electron chi connectivity index (χ0n) is 8.99. The van der Waals surface area contributed by atoms with Crippen LogP contribution in [0.15, 0.2) is 39.9 Å². The molecule has 0 saturated heterocycles. The van der Waals surface area contributed by atoms with Crippen molar-refractivity contribution in [1.29, 1.82) is 0 Å². The molecule has 1 aromatic carbocycles. The van der Waals surface area contributed by atoms with Gasteiger partial charge in [0.2, 0.25) is 0 Å². The molecule has 0 aliphatic heterocycles. The Hall–Kier alpha value is -0.730. The fourth-order valence-electron chi connectivity index (χ4n) is 1.73. The number of hydrogen-bond donors (Lipinski definition) is 0. The molecule has 0 spiro atoms. The summed E-state index contributed by atoms with van der Waals surface area (Å²) in [4.78, 5) is 0. The van der Waals surface area contributed by atoms with Crippen LogP contribution in [0.5, 0.6) is 0 Å². The fraction of sp³-hybridized carbons (Fsp3) is 0.231. The number of benzene rings is 1. The van der Waals surface area contributed by atoms with Crippen molar-refractivity contribution < 1.29 is 0 Å². The Kier molecular flexibility index (Phi) is 3.49. The number of hydrogen-bond acceptors (Lipinski definition) is 2. The maximum Gasteiger partial charge on any atom is 0.0634 e. The van der Waals surface area contributed by atoms with Crippen molar-refractivity contribution >= 4 is 23.1 Å². The summed E-state index contributed by atoms with van der Waals surface area (Å²) in [6.07, 6.45) is 3.27. The smallest absolute Gasteiger partial charge is 0.0634 e. The second kappa shape index (κ2) is 4.86. The third kappa shape index (κ3) is 2.11. The van der Waals surface area contributed by atoms with Gasteiger partial charge in [-0.2, -0.15) is 0 Å². The summed E-state index contributed by atoms with van der Waals surface area (Å²) in [5.41, 5.74) is 4.25. The Balaban J connectivity index is 2.49. The Morgan fingerprint density at radius 2 is 1.93 bits per heavy atom. The normalized spacial score (nSPS) is 10.5. The van der Waals surface area contributed by atoms with E-state index in [0.717, 1.165) is 6.42 Å². The SMILES string of the molecule is CCc1c(-c2ccccc2)csc1SC. The maximum atomic E-state index is 2.28. The van der Waals surface area contributed by atoms with Gasteiger partial charge in [0.15, 0.2) is 0 Å². The zero-order valence-corrected chi connectivity index (χ0v) is 10.6. The topological polar surface area (TPSA) is 0 Å². The van der Waals surface area contributed by atoms with Crippen molar-refractivity contribution in [2.75, 3.05) is 6.26 Å². The highest BCUT2D eigenvalue weighted by Crippen LogP contribution is 2.36. The Bertz CT molecular complexity index is 429. The van der Waals surface area contributed by atoms with Crippen molar-refractivity contribution in [1.82, 2.24) is 0 Å². The van der Waals surface area contributed by atoms with E-state index >= 15 is 0 Å². The number of rotatable bonds is 3. The minimum atomic E-state index is 1.11. The van der Waals surface area contributed by atoms with E-state index in [1.54, 1.807) is 0 Å². The Labute approximate surface area is 99.3 Å². The molecule has 0 nitrogen and oxygen atoms in total. The molecule has 0 fully saturated rings. The molecule has 1 heterocycles. The summed E-state index contributed by atoms with van der Waals surface area (Å²) in [6.45, 7) is 2.23. The lowest BCUT2D eigenvalue weighted by molar-refractivity contribution is 1.12. The van der Waals surface area contributed by atoms with E-state index in [2.05, 4.69) is 48.9 Å². The van der Waals surface area contributed by atoms with E-state index in [0.29, 0.717) is 0 Å². The number of thiophene rings is 1. The summed E-state index contributed by atoms with van der Waals surface area (Å²) in [5.74, 6) is 0. The molecule has 0 bridgehead atoms. The van der Waals surface area contributed by atoms with Gasteiger partial charge in [0.1, 0.15) is 0 Å². The van der Waals surface area contributed by atoms with E-state index in [9.17, 15) is 0 Å². The molecule has 0 unspecified atom stereocenters. The number of thioether (sulfide) groups is 1. The second-order valence-electron chi connectivity index (χ2n) is 3.34. The van der Waals surface area contributed by atoms with Gasteiger partial charge in [-0.3, -0.25) is 0 Å². The van der Waals surface area contributed by atoms with Crippen molar-refractivity contribution in [3.63, 3.8) is 0 Å². The van der Waals surface area contributed by atoms with E-state index in [1.165, 1.54) is 20.9 Å². The molecule has 0 amide bonds. The van der Waals surface area contributed by atoms with E-state index in [-0.39, 0.29) is 0 Å². The highest BCUT2D eigenvalue weighted by Gasteiger charge is 2.10. The molecule has 0 aliphatic carbocycles. The lowest BCUT2D eigenvalue weighted by atomic mass is 10.0. The summed E-state index contributed by atoms with van der Waals surface area (Å²) in [6, 6.07) is 10.6. The van der Waals surface area contributed by atoms with Crippen LogP contribution in [0.1, 0.15) is 12.5 Å². The molecule has 0 N–H and O–H groups in total. The highest BCUT2D eigenvalue weighted by atomic mass is 32.2. The Morgan fingerprint density at radius 3 is 2.53 bits per heavy atom. The first-order chi connectivity index (χ1) is 7.36. The third-order valence-electron chi connectivity index (χ3n) is 2.48. The van der Waals surface area contributed by atoms with Crippen LogP contribution < -0.4 is 0 Å². The lowest BCUT2D eigenvalue weighted by Gasteiger charge is -2.03. The minimum absolute atomic E-state index is 1.11. The van der Waals surface area contributed by atoms with Crippen LogP contribution in [0.2, 0.25) is 0 Å². The quantitative estimate of drug-likeness (QED) is 0.694. The van der Waals surface area contributed by atoms with Crippen LogP contribution in [0.4, 0.5) is 0 Å². The summed E-state index contributed by atoms with van der Waals surface area (Å²) < 4.78 is 1.45. The van der Waals surface area contributed by atoms with Crippen molar-refractivity contribution in [3.05, 3.63) is 41.3 Å². The summed E-state index contributed by atoms with van der Waals surface area (Å²) in [7, 11) is 0. The molecule has 0 saturated carbocycles. The van der Waals surface area contributed by atoms with Crippen LogP contribution in [0.3, 0.4) is 0 Å². The van der Waals surface area contributed by atoms with E-state index in [1.807, 2.05) is 23.1 Å². The van der Waals surface area contributed by atoms with Gasteiger partial charge < -0.3 is 0 Å². The highest BCUT2D eigenvalue weighted by molar-refractivity contribution is 8.00. The van der Waals surface area contributed by atoms with Crippen molar-refractivity contribution in [3.8, 4) is 11.1 Å². The summed E-state index contributed by atoms with van der Waals surface area (Å²) >= 11 is 3.71. The van der Waals surface area contributed by atoms with Crippen LogP contribution in [0, 0.1) is 0 Å². The monoisotopic (exact) mass is 234 g/mol. The van der Waals surface area contributed by atoms with Gasteiger partial charge in [0.25, 0.3) is 0 Å². The second-order valence-corrected chi connectivity index (χ2v) is 5.29. The lowest BCUT2D eigenvalue weighted by Crippen LogP contribution is -1.83. The van der Waals surface area contributed by atoms with Gasteiger partial charge in [0, 0.05) is 5.38 Å². The molecule has 0 atom stereocenters. The molecule has 2 aromatic rings. The first kappa shape index (κ1) is 10.8. The molecule has 0 aliphatic rings. The summed E-state index contributed by atoms with van der Waals surface area (Å²) in [5, 5.41) is 2.28. The fourth-order valence-corrected chi connectivity index (χ4v) is 3.66. The third-order valence-corrected chi connectivity index (χ3v) is 4.70. The largest absolute Gasteiger partial charge is 0.136 e. The van der Waals surface area contributed by atoms with Gasteiger partial charge in [-0.05, 0) is 29.4 Å². The van der Waals surface area contributed by atoms with Crippen LogP contribution >= 0.6 is 23.1 Å². The molecule has 2 heteroatoms. The predicted molar refractivity (Wildman–Crippen MR) is 70.9 cm³/mol. The Morgan fingerprint density at radius 1 is 1.20 bits per heavy atom.